The van der Waals surface area contributed by atoms with Crippen molar-refractivity contribution >= 4 is 34.3 Å². The van der Waals surface area contributed by atoms with Crippen LogP contribution in [0.25, 0.3) is 16.5 Å². The van der Waals surface area contributed by atoms with Crippen LogP contribution in [0.2, 0.25) is 0 Å². The molecule has 194 valence electrons. The predicted octanol–water partition coefficient (Wildman–Crippen LogP) is 1.34. The van der Waals surface area contributed by atoms with Gasteiger partial charge in [0, 0.05) is 49.3 Å². The molecule has 4 atom stereocenters. The van der Waals surface area contributed by atoms with Crippen LogP contribution in [-0.4, -0.2) is 97.5 Å². The number of carbonyl (C=O) groups is 3. The highest BCUT2D eigenvalue weighted by Gasteiger charge is 2.37. The third-order valence-corrected chi connectivity index (χ3v) is 6.68. The lowest BCUT2D eigenvalue weighted by Crippen LogP contribution is -2.49. The number of H-pyrrole nitrogens is 1. The number of hydrogen-bond donors (Lipinski definition) is 5. The number of amides is 1. The van der Waals surface area contributed by atoms with Crippen LogP contribution in [-0.2, 0) is 20.8 Å². The zero-order chi connectivity index (χ0) is 26.6. The first-order chi connectivity index (χ1) is 17.1. The zero-order valence-corrected chi connectivity index (χ0v) is 20.4. The summed E-state index contributed by atoms with van der Waals surface area (Å²) in [4.78, 5) is 40.4. The van der Waals surface area contributed by atoms with Gasteiger partial charge in [-0.25, -0.2) is 9.59 Å². The molecule has 1 aliphatic carbocycles. The molecular weight excluding hydrogens is 466 g/mol. The van der Waals surface area contributed by atoms with E-state index in [2.05, 4.69) is 60.8 Å². The lowest BCUT2D eigenvalue weighted by molar-refractivity contribution is -0.165. The molecule has 1 aliphatic heterocycles. The van der Waals surface area contributed by atoms with Gasteiger partial charge in [0.1, 0.15) is 0 Å². The Hall–Kier alpha value is -3.47. The van der Waals surface area contributed by atoms with Crippen LogP contribution in [0.4, 0.5) is 0 Å². The number of benzene rings is 1. The zero-order valence-electron chi connectivity index (χ0n) is 20.4. The molecule has 5 N–H and O–H groups in total. The highest BCUT2D eigenvalue weighted by atomic mass is 16.4. The summed E-state index contributed by atoms with van der Waals surface area (Å²) in [6.07, 6.45) is 2.80. The first kappa shape index (κ1) is 27.1. The standard InChI is InChI=1S/C22H27N3O.C4H6O6/c1-4-10-25-14-16(22(26)24(5-2)6-3)11-18-17-8-7-9-19-21(17)15(13-23-19)12-20(18)25;5-1(3(7)8)2(6)4(9)10/h4,7-9,11,13,16,20,23H,1,5-6,10,12,14H2,2-3H3;1-2,5-6H,(H,7,8)(H,9,10)/t16-,20-;1-,2-/m10/s1. The fourth-order valence-corrected chi connectivity index (χ4v) is 4.89. The van der Waals surface area contributed by atoms with Crippen molar-refractivity contribution in [2.24, 2.45) is 5.92 Å². The Balaban J connectivity index is 0.000000308. The summed E-state index contributed by atoms with van der Waals surface area (Å²) in [6.45, 7) is 11.1. The summed E-state index contributed by atoms with van der Waals surface area (Å²) in [5, 5.41) is 33.8. The Kier molecular flexibility index (Phi) is 8.67. The van der Waals surface area contributed by atoms with Crippen molar-refractivity contribution in [2.45, 2.75) is 38.5 Å². The molecular formula is C26H33N3O7. The van der Waals surface area contributed by atoms with Gasteiger partial charge in [0.2, 0.25) is 5.91 Å². The fraction of sp³-hybridized carbons (Fsp3) is 0.423. The summed E-state index contributed by atoms with van der Waals surface area (Å²) in [7, 11) is 0. The third-order valence-electron chi connectivity index (χ3n) is 6.68. The number of hydrogen-bond acceptors (Lipinski definition) is 6. The Bertz CT molecular complexity index is 1150. The van der Waals surface area contributed by atoms with Gasteiger partial charge in [-0.2, -0.15) is 0 Å². The van der Waals surface area contributed by atoms with Crippen molar-refractivity contribution in [3.63, 3.8) is 0 Å². The van der Waals surface area contributed by atoms with E-state index in [0.717, 1.165) is 32.6 Å². The summed E-state index contributed by atoms with van der Waals surface area (Å²) < 4.78 is 0. The summed E-state index contributed by atoms with van der Waals surface area (Å²) in [6, 6.07) is 6.76. The first-order valence-electron chi connectivity index (χ1n) is 11.9. The Morgan fingerprint density at radius 1 is 1.17 bits per heavy atom. The van der Waals surface area contributed by atoms with Crippen molar-refractivity contribution < 1.29 is 34.8 Å². The van der Waals surface area contributed by atoms with Gasteiger partial charge in [0.25, 0.3) is 0 Å². The molecule has 0 spiro atoms. The van der Waals surface area contributed by atoms with Gasteiger partial charge >= 0.3 is 11.9 Å². The maximum atomic E-state index is 13.0. The van der Waals surface area contributed by atoms with E-state index in [1.54, 1.807) is 0 Å². The Morgan fingerprint density at radius 2 is 1.81 bits per heavy atom. The number of carboxylic acid groups (broad SMARTS) is 2. The van der Waals surface area contributed by atoms with Gasteiger partial charge in [-0.05, 0) is 43.0 Å². The van der Waals surface area contributed by atoms with Crippen molar-refractivity contribution in [1.29, 1.82) is 0 Å². The SMILES string of the molecule is C=CCN1C[C@H](C(=O)N(CC)CC)C=C2c3cccc4[nH]cc(c34)C[C@H]21.O=C(O)[C@@H](O)[C@H](O)C(=O)O. The highest BCUT2D eigenvalue weighted by Crippen LogP contribution is 2.41. The van der Waals surface area contributed by atoms with Gasteiger partial charge in [0.15, 0.2) is 12.2 Å². The maximum Gasteiger partial charge on any atom is 0.335 e. The third kappa shape index (κ3) is 5.35. The quantitative estimate of drug-likeness (QED) is 0.341. The number of rotatable bonds is 8. The molecule has 2 heterocycles. The van der Waals surface area contributed by atoms with E-state index in [1.165, 1.54) is 27.6 Å². The molecule has 0 fully saturated rings. The van der Waals surface area contributed by atoms with Crippen LogP contribution >= 0.6 is 0 Å². The average Bonchev–Trinajstić information content (AvgIpc) is 3.28. The maximum absolute atomic E-state index is 13.0. The van der Waals surface area contributed by atoms with E-state index in [4.69, 9.17) is 20.4 Å². The van der Waals surface area contributed by atoms with Crippen LogP contribution in [0.5, 0.6) is 0 Å². The van der Waals surface area contributed by atoms with Crippen molar-refractivity contribution in [3.05, 3.63) is 54.3 Å². The van der Waals surface area contributed by atoms with Crippen molar-refractivity contribution in [1.82, 2.24) is 14.8 Å². The minimum atomic E-state index is -2.27. The molecule has 0 saturated carbocycles. The van der Waals surface area contributed by atoms with Crippen LogP contribution in [0.1, 0.15) is 25.0 Å². The summed E-state index contributed by atoms with van der Waals surface area (Å²) >= 11 is 0. The summed E-state index contributed by atoms with van der Waals surface area (Å²) in [5.74, 6) is -3.39. The smallest absolute Gasteiger partial charge is 0.335 e. The van der Waals surface area contributed by atoms with E-state index in [1.807, 2.05) is 11.0 Å². The minimum Gasteiger partial charge on any atom is -0.479 e. The highest BCUT2D eigenvalue weighted by molar-refractivity contribution is 5.99. The van der Waals surface area contributed by atoms with Crippen molar-refractivity contribution in [2.75, 3.05) is 26.2 Å². The van der Waals surface area contributed by atoms with E-state index in [-0.39, 0.29) is 11.8 Å². The normalized spacial score (nSPS) is 20.3. The molecule has 0 bridgehead atoms. The lowest BCUT2D eigenvalue weighted by atomic mass is 9.79. The molecule has 0 radical (unpaired) electrons. The van der Waals surface area contributed by atoms with E-state index in [0.29, 0.717) is 6.04 Å². The van der Waals surface area contributed by atoms with Crippen molar-refractivity contribution in [3.8, 4) is 0 Å². The monoisotopic (exact) mass is 499 g/mol. The largest absolute Gasteiger partial charge is 0.479 e. The van der Waals surface area contributed by atoms with E-state index < -0.39 is 24.1 Å². The molecule has 2 aliphatic rings. The number of aliphatic carboxylic acids is 2. The van der Waals surface area contributed by atoms with Gasteiger partial charge < -0.3 is 30.3 Å². The number of nitrogens with one attached hydrogen (secondary N) is 1. The summed E-state index contributed by atoms with van der Waals surface area (Å²) in [5.41, 5.74) is 5.15. The minimum absolute atomic E-state index is 0.0863. The van der Waals surface area contributed by atoms with Gasteiger partial charge in [-0.15, -0.1) is 6.58 Å². The molecule has 10 nitrogen and oxygen atoms in total. The number of carboxylic acids is 2. The van der Waals surface area contributed by atoms with Crippen LogP contribution in [0.15, 0.2) is 43.1 Å². The molecule has 36 heavy (non-hydrogen) atoms. The van der Waals surface area contributed by atoms with Gasteiger partial charge in [0.05, 0.1) is 5.92 Å². The van der Waals surface area contributed by atoms with Gasteiger partial charge in [-0.3, -0.25) is 9.69 Å². The average molecular weight is 500 g/mol. The van der Waals surface area contributed by atoms with Crippen LogP contribution in [0, 0.1) is 5.92 Å². The Labute approximate surface area is 209 Å². The molecule has 4 rings (SSSR count). The second kappa shape index (κ2) is 11.5. The number of aliphatic hydroxyl groups is 2. The second-order valence-corrected chi connectivity index (χ2v) is 8.81. The molecule has 0 unspecified atom stereocenters. The van der Waals surface area contributed by atoms with Crippen LogP contribution < -0.4 is 0 Å². The molecule has 2 aromatic rings. The van der Waals surface area contributed by atoms with E-state index in [9.17, 15) is 14.4 Å². The van der Waals surface area contributed by atoms with Crippen LogP contribution in [0.3, 0.4) is 0 Å². The first-order valence-corrected chi connectivity index (χ1v) is 11.9. The fourth-order valence-electron chi connectivity index (χ4n) is 4.89. The van der Waals surface area contributed by atoms with E-state index >= 15 is 0 Å². The Morgan fingerprint density at radius 3 is 2.36 bits per heavy atom. The topological polar surface area (TPSA) is 154 Å². The molecule has 10 heteroatoms. The predicted molar refractivity (Wildman–Crippen MR) is 134 cm³/mol. The molecule has 1 aromatic heterocycles. The number of carbonyl (C=O) groups excluding carboxylic acids is 1. The molecule has 1 aromatic carbocycles. The molecule has 0 saturated heterocycles. The lowest BCUT2D eigenvalue weighted by Gasteiger charge is -2.42. The number of nitrogens with zero attached hydrogens (tertiary/aromatic N) is 2. The molecule has 1 amide bonds. The number of aromatic nitrogens is 1. The second-order valence-electron chi connectivity index (χ2n) is 8.81. The number of fused-ring (bicyclic) bond motifs is 2. The number of aromatic amines is 1. The van der Waals surface area contributed by atoms with Gasteiger partial charge in [-0.1, -0.05) is 24.3 Å². The number of aliphatic hydroxyl groups excluding tert-OH is 2.